The van der Waals surface area contributed by atoms with Crippen molar-refractivity contribution in [1.82, 2.24) is 0 Å². The summed E-state index contributed by atoms with van der Waals surface area (Å²) in [6.45, 7) is 6.47. The molecule has 0 aromatic rings. The molecular weight excluding hydrogens is 189 g/mol. The van der Waals surface area contributed by atoms with Crippen molar-refractivity contribution in [2.24, 2.45) is 0 Å². The second-order valence-corrected chi connectivity index (χ2v) is 7.41. The molecule has 0 aromatic heterocycles. The Balaban J connectivity index is 0. The van der Waals surface area contributed by atoms with Gasteiger partial charge in [-0.3, -0.25) is 0 Å². The molecule has 0 nitrogen and oxygen atoms in total. The first-order chi connectivity index (χ1) is 3.06. The normalized spacial score (nSPS) is 8.50. The molecule has 0 bridgehead atoms. The van der Waals surface area contributed by atoms with Crippen molar-refractivity contribution in [3.8, 4) is 10.9 Å². The fourth-order valence-corrected chi connectivity index (χ4v) is 1.28. The van der Waals surface area contributed by atoms with Crippen LogP contribution in [0.1, 0.15) is 0 Å². The van der Waals surface area contributed by atoms with E-state index in [1.165, 1.54) is 0 Å². The fourth-order valence-electron chi connectivity index (χ4n) is 0.142. The molecule has 0 fully saturated rings. The maximum Gasteiger partial charge on any atom is 0.131 e. The van der Waals surface area contributed by atoms with Gasteiger partial charge in [-0.1, -0.05) is 19.6 Å². The first-order valence-electron chi connectivity index (χ1n) is 2.19. The molecule has 0 aliphatic rings. The molecule has 0 unspecified atom stereocenters. The second-order valence-electron chi connectivity index (χ2n) is 2.47. The quantitative estimate of drug-likeness (QED) is 0.412. The number of hydrogen-bond acceptors (Lipinski definition) is 0. The molecule has 0 spiro atoms. The van der Waals surface area contributed by atoms with E-state index in [0.717, 1.165) is 0 Å². The SMILES string of the molecule is C[Si](C)(C)C#CCl.[Zn]. The Hall–Kier alpha value is 0.690. The first kappa shape index (κ1) is 11.5. The molecule has 8 heavy (non-hydrogen) atoms. The molecule has 3 heteroatoms. The Morgan fingerprint density at radius 3 is 1.62 bits per heavy atom. The Morgan fingerprint density at radius 2 is 1.62 bits per heavy atom. The van der Waals surface area contributed by atoms with Crippen LogP contribution in [0.15, 0.2) is 0 Å². The van der Waals surface area contributed by atoms with Crippen molar-refractivity contribution >= 4 is 19.7 Å². The van der Waals surface area contributed by atoms with Crippen molar-refractivity contribution in [3.63, 3.8) is 0 Å². The van der Waals surface area contributed by atoms with E-state index in [1.807, 2.05) is 0 Å². The van der Waals surface area contributed by atoms with Crippen LogP contribution in [-0.4, -0.2) is 8.07 Å². The van der Waals surface area contributed by atoms with Gasteiger partial charge < -0.3 is 0 Å². The van der Waals surface area contributed by atoms with Crippen LogP contribution in [0, 0.1) is 10.9 Å². The Labute approximate surface area is 69.8 Å². The van der Waals surface area contributed by atoms with Crippen molar-refractivity contribution in [3.05, 3.63) is 0 Å². The van der Waals surface area contributed by atoms with Crippen LogP contribution in [0.4, 0.5) is 0 Å². The van der Waals surface area contributed by atoms with E-state index in [9.17, 15) is 0 Å². The zero-order chi connectivity index (χ0) is 5.91. The van der Waals surface area contributed by atoms with Crippen LogP contribution in [0.3, 0.4) is 0 Å². The molecule has 0 atom stereocenters. The smallest absolute Gasteiger partial charge is 0.115 e. The number of rotatable bonds is 0. The maximum absolute atomic E-state index is 5.16. The van der Waals surface area contributed by atoms with Gasteiger partial charge >= 0.3 is 0 Å². The van der Waals surface area contributed by atoms with E-state index in [4.69, 9.17) is 11.6 Å². The molecule has 0 heterocycles. The minimum absolute atomic E-state index is 0. The van der Waals surface area contributed by atoms with E-state index in [-0.39, 0.29) is 19.5 Å². The van der Waals surface area contributed by atoms with E-state index in [2.05, 4.69) is 30.6 Å². The van der Waals surface area contributed by atoms with E-state index in [0.29, 0.717) is 0 Å². The van der Waals surface area contributed by atoms with E-state index < -0.39 is 8.07 Å². The average Bonchev–Trinajstić information content (AvgIpc) is 1.30. The first-order valence-corrected chi connectivity index (χ1v) is 6.07. The summed E-state index contributed by atoms with van der Waals surface area (Å²) in [5.74, 6) is 0. The third-order valence-corrected chi connectivity index (χ3v) is 1.55. The van der Waals surface area contributed by atoms with Gasteiger partial charge in [0.1, 0.15) is 8.07 Å². The molecular formula is C5H9ClSiZn. The molecule has 0 saturated heterocycles. The molecule has 0 aromatic carbocycles. The fraction of sp³-hybridized carbons (Fsp3) is 0.600. The average molecular weight is 198 g/mol. The summed E-state index contributed by atoms with van der Waals surface area (Å²) in [5.41, 5.74) is 2.94. The summed E-state index contributed by atoms with van der Waals surface area (Å²) in [6, 6.07) is 0. The standard InChI is InChI=1S/C5H9ClSi.Zn/c1-7(2,3)5-4-6;/h1-3H3;. The van der Waals surface area contributed by atoms with Gasteiger partial charge in [0, 0.05) is 19.5 Å². The molecule has 0 N–H and O–H groups in total. The van der Waals surface area contributed by atoms with Crippen LogP contribution < -0.4 is 0 Å². The molecule has 0 aliphatic heterocycles. The molecule has 0 rings (SSSR count). The van der Waals surface area contributed by atoms with Gasteiger partial charge in [-0.15, -0.1) is 5.54 Å². The van der Waals surface area contributed by atoms with Gasteiger partial charge in [0.25, 0.3) is 0 Å². The summed E-state index contributed by atoms with van der Waals surface area (Å²) in [7, 11) is -1.15. The molecule has 0 radical (unpaired) electrons. The molecule has 0 amide bonds. The predicted octanol–water partition coefficient (Wildman–Crippen LogP) is 2.06. The predicted molar refractivity (Wildman–Crippen MR) is 37.0 cm³/mol. The number of halogens is 1. The largest absolute Gasteiger partial charge is 0.131 e. The third kappa shape index (κ3) is 9.85. The summed E-state index contributed by atoms with van der Waals surface area (Å²) in [6.07, 6.45) is 0. The van der Waals surface area contributed by atoms with E-state index in [1.54, 1.807) is 0 Å². The van der Waals surface area contributed by atoms with Crippen molar-refractivity contribution in [1.29, 1.82) is 0 Å². The van der Waals surface area contributed by atoms with Crippen LogP contribution in [0.2, 0.25) is 19.6 Å². The molecule has 42 valence electrons. The maximum atomic E-state index is 5.16. The van der Waals surface area contributed by atoms with Crippen LogP contribution in [0.25, 0.3) is 0 Å². The summed E-state index contributed by atoms with van der Waals surface area (Å²) in [4.78, 5) is 0. The van der Waals surface area contributed by atoms with E-state index >= 15 is 0 Å². The number of hydrogen-bond donors (Lipinski definition) is 0. The summed E-state index contributed by atoms with van der Waals surface area (Å²) < 4.78 is 0. The Morgan fingerprint density at radius 1 is 1.25 bits per heavy atom. The molecule has 0 saturated carbocycles. The third-order valence-electron chi connectivity index (χ3n) is 0.422. The van der Waals surface area contributed by atoms with Gasteiger partial charge in [0.2, 0.25) is 0 Å². The monoisotopic (exact) mass is 196 g/mol. The van der Waals surface area contributed by atoms with Crippen LogP contribution in [0.5, 0.6) is 0 Å². The van der Waals surface area contributed by atoms with Gasteiger partial charge in [0.05, 0.1) is 0 Å². The van der Waals surface area contributed by atoms with Crippen molar-refractivity contribution < 1.29 is 19.5 Å². The zero-order valence-corrected chi connectivity index (χ0v) is 10.3. The summed E-state index contributed by atoms with van der Waals surface area (Å²) in [5, 5.41) is 2.39. The minimum atomic E-state index is -1.15. The molecule has 0 aliphatic carbocycles. The van der Waals surface area contributed by atoms with Gasteiger partial charge in [-0.25, -0.2) is 0 Å². The van der Waals surface area contributed by atoms with Crippen molar-refractivity contribution in [2.75, 3.05) is 0 Å². The second kappa shape index (κ2) is 4.56. The van der Waals surface area contributed by atoms with Crippen LogP contribution in [-0.2, 0) is 19.5 Å². The van der Waals surface area contributed by atoms with Gasteiger partial charge in [0.15, 0.2) is 0 Å². The minimum Gasteiger partial charge on any atom is -0.115 e. The topological polar surface area (TPSA) is 0 Å². The van der Waals surface area contributed by atoms with Crippen molar-refractivity contribution in [2.45, 2.75) is 19.6 Å². The Bertz CT molecular complexity index is 106. The Kier molecular flexibility index (Phi) is 6.54. The van der Waals surface area contributed by atoms with Gasteiger partial charge in [-0.2, -0.15) is 0 Å². The zero-order valence-electron chi connectivity index (χ0n) is 5.59. The van der Waals surface area contributed by atoms with Gasteiger partial charge in [-0.05, 0) is 17.0 Å². The summed E-state index contributed by atoms with van der Waals surface area (Å²) >= 11 is 5.16. The van der Waals surface area contributed by atoms with Crippen LogP contribution >= 0.6 is 11.6 Å².